The molecule has 16 heavy (non-hydrogen) atoms. The van der Waals surface area contributed by atoms with Crippen LogP contribution in [0.15, 0.2) is 12.7 Å². The maximum absolute atomic E-state index is 11.7. The lowest BCUT2D eigenvalue weighted by Crippen LogP contribution is -2.34. The Hall–Kier alpha value is -0.790. The third-order valence-corrected chi connectivity index (χ3v) is 2.62. The second kappa shape index (κ2) is 5.51. The van der Waals surface area contributed by atoms with Gasteiger partial charge in [0.15, 0.2) is 0 Å². The molecule has 0 radical (unpaired) electrons. The van der Waals surface area contributed by atoms with Crippen LogP contribution >= 0.6 is 0 Å². The standard InChI is InChI=1S/C14H27NO/c1-8-11(14(5,6)7)9-12(16)15-10-13(2,3)4/h8,11H,1,9-10H2,2-7H3,(H,15,16)/t11-/m1/s1. The summed E-state index contributed by atoms with van der Waals surface area (Å²) >= 11 is 0. The van der Waals surface area contributed by atoms with Crippen molar-refractivity contribution in [1.29, 1.82) is 0 Å². The predicted molar refractivity (Wildman–Crippen MR) is 70.2 cm³/mol. The molecule has 0 unspecified atom stereocenters. The molecular formula is C14H27NO. The number of carbonyl (C=O) groups excluding carboxylic acids is 1. The van der Waals surface area contributed by atoms with Crippen LogP contribution in [-0.4, -0.2) is 12.5 Å². The zero-order valence-corrected chi connectivity index (χ0v) is 11.7. The molecule has 0 aromatic rings. The largest absolute Gasteiger partial charge is 0.356 e. The normalized spacial score (nSPS) is 14.4. The quantitative estimate of drug-likeness (QED) is 0.730. The first kappa shape index (κ1) is 15.2. The first-order valence-corrected chi connectivity index (χ1v) is 5.95. The van der Waals surface area contributed by atoms with Crippen LogP contribution in [0, 0.1) is 16.7 Å². The van der Waals surface area contributed by atoms with E-state index >= 15 is 0 Å². The highest BCUT2D eigenvalue weighted by molar-refractivity contribution is 5.76. The Morgan fingerprint density at radius 3 is 2.06 bits per heavy atom. The van der Waals surface area contributed by atoms with Gasteiger partial charge in [-0.1, -0.05) is 47.6 Å². The molecule has 0 rings (SSSR count). The molecule has 1 amide bonds. The highest BCUT2D eigenvalue weighted by Crippen LogP contribution is 2.29. The second-order valence-electron chi connectivity index (χ2n) is 6.75. The lowest BCUT2D eigenvalue weighted by molar-refractivity contribution is -0.122. The molecule has 94 valence electrons. The molecule has 0 aromatic heterocycles. The first-order valence-electron chi connectivity index (χ1n) is 5.95. The summed E-state index contributed by atoms with van der Waals surface area (Å²) < 4.78 is 0. The molecule has 0 spiro atoms. The first-order chi connectivity index (χ1) is 7.06. The van der Waals surface area contributed by atoms with E-state index in [-0.39, 0.29) is 22.7 Å². The summed E-state index contributed by atoms with van der Waals surface area (Å²) in [4.78, 5) is 11.7. The Balaban J connectivity index is 4.18. The van der Waals surface area contributed by atoms with Gasteiger partial charge in [-0.15, -0.1) is 6.58 Å². The van der Waals surface area contributed by atoms with Gasteiger partial charge in [0.1, 0.15) is 0 Å². The van der Waals surface area contributed by atoms with Gasteiger partial charge in [-0.05, 0) is 16.7 Å². The Labute approximate surface area is 101 Å². The van der Waals surface area contributed by atoms with Gasteiger partial charge in [0, 0.05) is 13.0 Å². The van der Waals surface area contributed by atoms with Crippen molar-refractivity contribution in [1.82, 2.24) is 5.32 Å². The topological polar surface area (TPSA) is 29.1 Å². The van der Waals surface area contributed by atoms with E-state index in [0.29, 0.717) is 6.42 Å². The molecule has 0 saturated heterocycles. The molecule has 1 N–H and O–H groups in total. The van der Waals surface area contributed by atoms with Crippen LogP contribution < -0.4 is 5.32 Å². The molecule has 0 aromatic carbocycles. The average Bonchev–Trinajstić information content (AvgIpc) is 2.07. The SMILES string of the molecule is C=C[C@H](CC(=O)NCC(C)(C)C)C(C)(C)C. The van der Waals surface area contributed by atoms with Crippen molar-refractivity contribution in [3.63, 3.8) is 0 Å². The fourth-order valence-corrected chi connectivity index (χ4v) is 1.38. The summed E-state index contributed by atoms with van der Waals surface area (Å²) in [6.07, 6.45) is 2.42. The van der Waals surface area contributed by atoms with Gasteiger partial charge in [0.05, 0.1) is 0 Å². The molecule has 2 heteroatoms. The van der Waals surface area contributed by atoms with Crippen LogP contribution in [0.2, 0.25) is 0 Å². The molecule has 2 nitrogen and oxygen atoms in total. The predicted octanol–water partition coefficient (Wildman–Crippen LogP) is 3.39. The number of rotatable bonds is 4. The summed E-state index contributed by atoms with van der Waals surface area (Å²) in [5.41, 5.74) is 0.238. The number of allylic oxidation sites excluding steroid dienone is 1. The zero-order chi connectivity index (χ0) is 13.0. The van der Waals surface area contributed by atoms with Crippen LogP contribution in [0.1, 0.15) is 48.0 Å². The third-order valence-electron chi connectivity index (χ3n) is 2.62. The minimum absolute atomic E-state index is 0.0980. The smallest absolute Gasteiger partial charge is 0.220 e. The monoisotopic (exact) mass is 225 g/mol. The van der Waals surface area contributed by atoms with Crippen molar-refractivity contribution in [3.05, 3.63) is 12.7 Å². The summed E-state index contributed by atoms with van der Waals surface area (Å²) in [7, 11) is 0. The summed E-state index contributed by atoms with van der Waals surface area (Å²) in [5, 5.41) is 2.97. The van der Waals surface area contributed by atoms with E-state index in [4.69, 9.17) is 0 Å². The minimum Gasteiger partial charge on any atom is -0.356 e. The minimum atomic E-state index is 0.0980. The molecule has 1 atom stereocenters. The van der Waals surface area contributed by atoms with Crippen molar-refractivity contribution in [2.75, 3.05) is 6.54 Å². The van der Waals surface area contributed by atoms with Crippen molar-refractivity contribution >= 4 is 5.91 Å². The van der Waals surface area contributed by atoms with E-state index in [1.165, 1.54) is 0 Å². The zero-order valence-electron chi connectivity index (χ0n) is 11.7. The maximum Gasteiger partial charge on any atom is 0.220 e. The van der Waals surface area contributed by atoms with Crippen LogP contribution in [0.4, 0.5) is 0 Å². The highest BCUT2D eigenvalue weighted by atomic mass is 16.1. The number of carbonyl (C=O) groups is 1. The van der Waals surface area contributed by atoms with Crippen LogP contribution in [0.25, 0.3) is 0 Å². The van der Waals surface area contributed by atoms with Gasteiger partial charge in [-0.2, -0.15) is 0 Å². The summed E-state index contributed by atoms with van der Waals surface area (Å²) in [6, 6.07) is 0. The molecule has 0 saturated carbocycles. The van der Waals surface area contributed by atoms with Crippen molar-refractivity contribution in [3.8, 4) is 0 Å². The second-order valence-corrected chi connectivity index (χ2v) is 6.75. The Kier molecular flexibility index (Phi) is 5.24. The van der Waals surface area contributed by atoms with E-state index < -0.39 is 0 Å². The van der Waals surface area contributed by atoms with Crippen molar-refractivity contribution < 1.29 is 4.79 Å². The Morgan fingerprint density at radius 2 is 1.75 bits per heavy atom. The Bertz CT molecular complexity index is 242. The molecule has 0 bridgehead atoms. The number of amides is 1. The van der Waals surface area contributed by atoms with Gasteiger partial charge >= 0.3 is 0 Å². The summed E-state index contributed by atoms with van der Waals surface area (Å²) in [6.45, 7) is 17.3. The highest BCUT2D eigenvalue weighted by Gasteiger charge is 2.24. The average molecular weight is 225 g/mol. The number of hydrogen-bond donors (Lipinski definition) is 1. The molecule has 0 fully saturated rings. The van der Waals surface area contributed by atoms with E-state index in [0.717, 1.165) is 6.54 Å². The maximum atomic E-state index is 11.7. The molecule has 0 aliphatic carbocycles. The van der Waals surface area contributed by atoms with Crippen molar-refractivity contribution in [2.24, 2.45) is 16.7 Å². The van der Waals surface area contributed by atoms with Gasteiger partial charge in [0.2, 0.25) is 5.91 Å². The molecular weight excluding hydrogens is 198 g/mol. The van der Waals surface area contributed by atoms with Crippen LogP contribution in [-0.2, 0) is 4.79 Å². The number of nitrogens with one attached hydrogen (secondary N) is 1. The number of hydrogen-bond acceptors (Lipinski definition) is 1. The molecule has 0 heterocycles. The lowest BCUT2D eigenvalue weighted by atomic mass is 9.78. The van der Waals surface area contributed by atoms with Gasteiger partial charge in [0.25, 0.3) is 0 Å². The van der Waals surface area contributed by atoms with Gasteiger partial charge in [-0.3, -0.25) is 4.79 Å². The van der Waals surface area contributed by atoms with Crippen LogP contribution in [0.5, 0.6) is 0 Å². The fraction of sp³-hybridized carbons (Fsp3) is 0.786. The molecule has 0 aliphatic rings. The van der Waals surface area contributed by atoms with Crippen LogP contribution in [0.3, 0.4) is 0 Å². The van der Waals surface area contributed by atoms with Gasteiger partial charge < -0.3 is 5.32 Å². The third kappa shape index (κ3) is 6.65. The lowest BCUT2D eigenvalue weighted by Gasteiger charge is -2.28. The Morgan fingerprint density at radius 1 is 1.25 bits per heavy atom. The van der Waals surface area contributed by atoms with E-state index in [9.17, 15) is 4.79 Å². The van der Waals surface area contributed by atoms with E-state index in [2.05, 4.69) is 53.4 Å². The van der Waals surface area contributed by atoms with E-state index in [1.807, 2.05) is 6.08 Å². The summed E-state index contributed by atoms with van der Waals surface area (Å²) in [5.74, 6) is 0.349. The van der Waals surface area contributed by atoms with Crippen molar-refractivity contribution in [2.45, 2.75) is 48.0 Å². The van der Waals surface area contributed by atoms with E-state index in [1.54, 1.807) is 0 Å². The fourth-order valence-electron chi connectivity index (χ4n) is 1.38. The molecule has 0 aliphatic heterocycles. The van der Waals surface area contributed by atoms with Gasteiger partial charge in [-0.25, -0.2) is 0 Å².